The SMILES string of the molecule is NC(=O)c1c(NC(=O)[C@@H]2[C@H](C(=O)O)[C@H]3C=C[C@H]2C3)sc2c1CCC2. The minimum absolute atomic E-state index is 0.0417. The first-order valence-electron chi connectivity index (χ1n) is 8.13. The fourth-order valence-electron chi connectivity index (χ4n) is 4.46. The van der Waals surface area contributed by atoms with Gasteiger partial charge in [0, 0.05) is 4.88 Å². The first-order valence-corrected chi connectivity index (χ1v) is 8.95. The number of hydrogen-bond donors (Lipinski definition) is 3. The van der Waals surface area contributed by atoms with Crippen molar-refractivity contribution in [2.75, 3.05) is 5.32 Å². The number of amides is 2. The number of carboxylic acid groups (broad SMARTS) is 1. The van der Waals surface area contributed by atoms with E-state index in [2.05, 4.69) is 5.32 Å². The maximum Gasteiger partial charge on any atom is 0.307 e. The highest BCUT2D eigenvalue weighted by Gasteiger charge is 2.51. The number of nitrogens with two attached hydrogens (primary N) is 1. The number of hydrogen-bond acceptors (Lipinski definition) is 4. The Morgan fingerprint density at radius 2 is 1.88 bits per heavy atom. The quantitative estimate of drug-likeness (QED) is 0.722. The molecule has 6 nitrogen and oxygen atoms in total. The van der Waals surface area contributed by atoms with E-state index in [-0.39, 0.29) is 17.7 Å². The van der Waals surface area contributed by atoms with Crippen molar-refractivity contribution in [1.29, 1.82) is 0 Å². The topological polar surface area (TPSA) is 109 Å². The van der Waals surface area contributed by atoms with E-state index in [9.17, 15) is 19.5 Å². The van der Waals surface area contributed by atoms with Gasteiger partial charge in [-0.3, -0.25) is 14.4 Å². The van der Waals surface area contributed by atoms with E-state index < -0.39 is 23.7 Å². The smallest absolute Gasteiger partial charge is 0.307 e. The maximum atomic E-state index is 12.8. The van der Waals surface area contributed by atoms with E-state index in [1.54, 1.807) is 0 Å². The number of aliphatic carboxylic acids is 1. The summed E-state index contributed by atoms with van der Waals surface area (Å²) in [5, 5.41) is 12.8. The molecule has 4 N–H and O–H groups in total. The van der Waals surface area contributed by atoms with Crippen LogP contribution in [0.1, 0.15) is 33.6 Å². The first-order chi connectivity index (χ1) is 11.5. The van der Waals surface area contributed by atoms with Crippen molar-refractivity contribution in [2.45, 2.75) is 25.7 Å². The zero-order chi connectivity index (χ0) is 17.0. The number of carbonyl (C=O) groups excluding carboxylic acids is 2. The van der Waals surface area contributed by atoms with Gasteiger partial charge in [-0.2, -0.15) is 0 Å². The van der Waals surface area contributed by atoms with Crippen LogP contribution in [0.15, 0.2) is 12.2 Å². The number of fused-ring (bicyclic) bond motifs is 3. The molecule has 126 valence electrons. The van der Waals surface area contributed by atoms with Gasteiger partial charge in [0.25, 0.3) is 5.91 Å². The normalized spacial score (nSPS) is 29.7. The van der Waals surface area contributed by atoms with Crippen molar-refractivity contribution >= 4 is 34.1 Å². The van der Waals surface area contributed by atoms with Gasteiger partial charge in [-0.1, -0.05) is 12.2 Å². The lowest BCUT2D eigenvalue weighted by Crippen LogP contribution is -2.36. The van der Waals surface area contributed by atoms with Crippen LogP contribution in [0.4, 0.5) is 5.00 Å². The number of thiophene rings is 1. The molecule has 7 heteroatoms. The molecule has 3 aliphatic carbocycles. The fraction of sp³-hybridized carbons (Fsp3) is 0.471. The molecule has 2 amide bonds. The highest BCUT2D eigenvalue weighted by molar-refractivity contribution is 7.17. The van der Waals surface area contributed by atoms with Crippen molar-refractivity contribution in [3.8, 4) is 0 Å². The van der Waals surface area contributed by atoms with Crippen molar-refractivity contribution in [3.63, 3.8) is 0 Å². The van der Waals surface area contributed by atoms with Crippen molar-refractivity contribution in [3.05, 3.63) is 28.2 Å². The van der Waals surface area contributed by atoms with Crippen molar-refractivity contribution in [1.82, 2.24) is 0 Å². The Kier molecular flexibility index (Phi) is 3.49. The van der Waals surface area contributed by atoms with Gasteiger partial charge >= 0.3 is 5.97 Å². The van der Waals surface area contributed by atoms with Crippen LogP contribution in [0.5, 0.6) is 0 Å². The van der Waals surface area contributed by atoms with Crippen LogP contribution in [0.25, 0.3) is 0 Å². The number of aryl methyl sites for hydroxylation is 1. The third-order valence-electron chi connectivity index (χ3n) is 5.45. The predicted molar refractivity (Wildman–Crippen MR) is 88.8 cm³/mol. The van der Waals surface area contributed by atoms with Crippen molar-refractivity contribution < 1.29 is 19.5 Å². The van der Waals surface area contributed by atoms with Crippen LogP contribution < -0.4 is 11.1 Å². The number of carboxylic acids is 1. The van der Waals surface area contributed by atoms with E-state index in [1.165, 1.54) is 11.3 Å². The zero-order valence-corrected chi connectivity index (χ0v) is 13.8. The summed E-state index contributed by atoms with van der Waals surface area (Å²) in [6.45, 7) is 0. The Morgan fingerprint density at radius 1 is 1.17 bits per heavy atom. The highest BCUT2D eigenvalue weighted by Crippen LogP contribution is 2.49. The first kappa shape index (κ1) is 15.4. The summed E-state index contributed by atoms with van der Waals surface area (Å²) in [6.07, 6.45) is 7.24. The second-order valence-electron chi connectivity index (χ2n) is 6.75. The van der Waals surface area contributed by atoms with Crippen LogP contribution in [0, 0.1) is 23.7 Å². The molecular weight excluding hydrogens is 328 g/mol. The number of primary amides is 1. The molecule has 24 heavy (non-hydrogen) atoms. The molecule has 1 heterocycles. The third kappa shape index (κ3) is 2.18. The Balaban J connectivity index is 1.62. The van der Waals surface area contributed by atoms with Crippen LogP contribution in [0.2, 0.25) is 0 Å². The Morgan fingerprint density at radius 3 is 2.54 bits per heavy atom. The summed E-state index contributed by atoms with van der Waals surface area (Å²) >= 11 is 1.40. The van der Waals surface area contributed by atoms with Gasteiger partial charge in [0.15, 0.2) is 0 Å². The second kappa shape index (κ2) is 5.44. The molecule has 0 aromatic carbocycles. The molecule has 0 aliphatic heterocycles. The third-order valence-corrected chi connectivity index (χ3v) is 6.66. The van der Waals surface area contributed by atoms with E-state index in [1.807, 2.05) is 12.2 Å². The van der Waals surface area contributed by atoms with Gasteiger partial charge in [0.2, 0.25) is 5.91 Å². The molecule has 3 aliphatic rings. The number of nitrogens with one attached hydrogen (secondary N) is 1. The van der Waals surface area contributed by atoms with E-state index in [0.29, 0.717) is 17.0 Å². The summed E-state index contributed by atoms with van der Waals surface area (Å²) in [6, 6.07) is 0. The monoisotopic (exact) mass is 346 g/mol. The average Bonchev–Trinajstić information content (AvgIpc) is 3.24. The summed E-state index contributed by atoms with van der Waals surface area (Å²) in [5.41, 5.74) is 6.87. The van der Waals surface area contributed by atoms with E-state index >= 15 is 0 Å². The van der Waals surface area contributed by atoms with Crippen molar-refractivity contribution in [2.24, 2.45) is 29.4 Å². The van der Waals surface area contributed by atoms with Crippen LogP contribution >= 0.6 is 11.3 Å². The molecule has 1 aromatic rings. The molecule has 2 bridgehead atoms. The Hall–Kier alpha value is -2.15. The van der Waals surface area contributed by atoms with Crippen LogP contribution in [0.3, 0.4) is 0 Å². The van der Waals surface area contributed by atoms with E-state index in [0.717, 1.165) is 29.7 Å². The van der Waals surface area contributed by atoms with Gasteiger partial charge in [-0.15, -0.1) is 11.3 Å². The number of carbonyl (C=O) groups is 3. The summed E-state index contributed by atoms with van der Waals surface area (Å²) in [5.74, 6) is -3.18. The predicted octanol–water partition coefficient (Wildman–Crippen LogP) is 1.80. The number of allylic oxidation sites excluding steroid dienone is 2. The van der Waals surface area contributed by atoms with Gasteiger partial charge in [-0.25, -0.2) is 0 Å². The summed E-state index contributed by atoms with van der Waals surface area (Å²) in [4.78, 5) is 37.2. The maximum absolute atomic E-state index is 12.8. The summed E-state index contributed by atoms with van der Waals surface area (Å²) in [7, 11) is 0. The molecule has 4 atom stereocenters. The van der Waals surface area contributed by atoms with Gasteiger partial charge in [-0.05, 0) is 43.1 Å². The molecule has 0 spiro atoms. The van der Waals surface area contributed by atoms with Gasteiger partial charge in [0.05, 0.1) is 17.4 Å². The number of rotatable bonds is 4. The molecular formula is C17H18N2O4S. The minimum Gasteiger partial charge on any atom is -0.481 e. The summed E-state index contributed by atoms with van der Waals surface area (Å²) < 4.78 is 0. The molecule has 1 saturated carbocycles. The largest absolute Gasteiger partial charge is 0.481 e. The standard InChI is InChI=1S/C17H18N2O4S/c18-14(20)13-9-2-1-3-10(9)24-16(13)19-15(21)11-7-4-5-8(6-7)12(11)17(22)23/h4-5,7-8,11-12H,1-3,6H2,(H2,18,20)(H,19,21)(H,22,23)/t7-,8-,11-,12+/m0/s1. The van der Waals surface area contributed by atoms with Crippen LogP contribution in [-0.4, -0.2) is 22.9 Å². The molecule has 0 radical (unpaired) electrons. The molecule has 1 fully saturated rings. The average molecular weight is 346 g/mol. The number of anilines is 1. The van der Waals surface area contributed by atoms with Crippen LogP contribution in [-0.2, 0) is 22.4 Å². The minimum atomic E-state index is -0.934. The zero-order valence-electron chi connectivity index (χ0n) is 13.0. The molecule has 0 unspecified atom stereocenters. The lowest BCUT2D eigenvalue weighted by Gasteiger charge is -2.23. The highest BCUT2D eigenvalue weighted by atomic mass is 32.1. The van der Waals surface area contributed by atoms with E-state index in [4.69, 9.17) is 5.73 Å². The molecule has 1 aromatic heterocycles. The Labute approximate surface area is 142 Å². The van der Waals surface area contributed by atoms with Gasteiger partial charge < -0.3 is 16.2 Å². The molecule has 0 saturated heterocycles. The second-order valence-corrected chi connectivity index (χ2v) is 7.86. The Bertz CT molecular complexity index is 782. The van der Waals surface area contributed by atoms with Gasteiger partial charge in [0.1, 0.15) is 5.00 Å². The molecule has 4 rings (SSSR count). The fourth-order valence-corrected chi connectivity index (χ4v) is 5.76. The lowest BCUT2D eigenvalue weighted by molar-refractivity contribution is -0.146. The lowest BCUT2D eigenvalue weighted by atomic mass is 9.82.